The van der Waals surface area contributed by atoms with Gasteiger partial charge in [-0.05, 0) is 6.44 Å². The quantitative estimate of drug-likeness (QED) is 0.396. The second-order valence-corrected chi connectivity index (χ2v) is 1.32. The van der Waals surface area contributed by atoms with Crippen LogP contribution in [0.3, 0.4) is 0 Å². The first-order chi connectivity index (χ1) is 3.00. The molecule has 0 bridgehead atoms. The molecule has 0 aliphatic carbocycles. The molecule has 0 amide bonds. The van der Waals surface area contributed by atoms with E-state index < -0.39 is 0 Å². The molecule has 1 heterocycles. The van der Waals surface area contributed by atoms with Crippen LogP contribution in [0.5, 0.6) is 0 Å². The van der Waals surface area contributed by atoms with Crippen LogP contribution >= 0.6 is 0 Å². The Bertz CT molecular complexity index is 52.6. The summed E-state index contributed by atoms with van der Waals surface area (Å²) in [7, 11) is 2.10. The molecule has 1 N–H and O–H groups in total. The molecule has 6 heavy (non-hydrogen) atoms. The van der Waals surface area contributed by atoms with Gasteiger partial charge in [-0.25, -0.2) is 0 Å². The van der Waals surface area contributed by atoms with Crippen LogP contribution in [0.2, 0.25) is 0 Å². The minimum absolute atomic E-state index is 1.04. The Morgan fingerprint density at radius 1 is 1.67 bits per heavy atom. The highest BCUT2D eigenvalue weighted by molar-refractivity contribution is 6.42. The molecule has 0 spiro atoms. The van der Waals surface area contributed by atoms with Gasteiger partial charge in [-0.3, -0.25) is 0 Å². The van der Waals surface area contributed by atoms with Crippen molar-refractivity contribution in [3.8, 4) is 0 Å². The first-order valence-corrected chi connectivity index (χ1v) is 2.19. The van der Waals surface area contributed by atoms with E-state index in [4.69, 9.17) is 0 Å². The Hall–Kier alpha value is -0.235. The van der Waals surface area contributed by atoms with Crippen LogP contribution in [0.25, 0.3) is 0 Å². The molecule has 0 aromatic heterocycles. The minimum atomic E-state index is 1.04. The number of hydrogen-bond donors (Lipinski definition) is 1. The fraction of sp³-hybridized carbons (Fsp3) is 0.500. The van der Waals surface area contributed by atoms with Crippen molar-refractivity contribution in [3.05, 3.63) is 12.1 Å². The topological polar surface area (TPSA) is 12.0 Å². The van der Waals surface area contributed by atoms with Crippen molar-refractivity contribution in [3.63, 3.8) is 0 Å². The van der Waals surface area contributed by atoms with Crippen molar-refractivity contribution in [2.75, 3.05) is 13.0 Å². The smallest absolute Gasteiger partial charge is 0.158 e. The Morgan fingerprint density at radius 3 is 2.83 bits per heavy atom. The van der Waals surface area contributed by atoms with Gasteiger partial charge in [0.05, 0.1) is 0 Å². The van der Waals surface area contributed by atoms with E-state index in [0.717, 1.165) is 13.0 Å². The van der Waals surface area contributed by atoms with Crippen molar-refractivity contribution in [2.45, 2.75) is 0 Å². The third-order valence-electron chi connectivity index (χ3n) is 0.797. The van der Waals surface area contributed by atoms with Gasteiger partial charge in [0.1, 0.15) is 0 Å². The zero-order valence-electron chi connectivity index (χ0n) is 3.65. The second-order valence-electron chi connectivity index (χ2n) is 1.32. The molecular weight excluding hydrogens is 72.9 g/mol. The standard InChI is InChI=1S/C4H7BN/c1-2-5-4-6-3-1/h1-2,6H,3-4H2. The van der Waals surface area contributed by atoms with E-state index >= 15 is 0 Å². The van der Waals surface area contributed by atoms with Crippen LogP contribution in [-0.4, -0.2) is 20.3 Å². The van der Waals surface area contributed by atoms with Crippen LogP contribution in [0, 0.1) is 0 Å². The average molecular weight is 79.9 g/mol. The molecule has 1 rings (SSSR count). The summed E-state index contributed by atoms with van der Waals surface area (Å²) in [5.41, 5.74) is 0. The zero-order chi connectivity index (χ0) is 4.24. The molecular formula is C4H7BN. The van der Waals surface area contributed by atoms with E-state index in [-0.39, 0.29) is 0 Å². The molecule has 1 aliphatic heterocycles. The van der Waals surface area contributed by atoms with Gasteiger partial charge in [-0.15, -0.1) is 5.98 Å². The summed E-state index contributed by atoms with van der Waals surface area (Å²) in [6, 6.07) is 0. The first-order valence-electron chi connectivity index (χ1n) is 2.19. The van der Waals surface area contributed by atoms with Crippen molar-refractivity contribution >= 4 is 7.28 Å². The average Bonchev–Trinajstić information content (AvgIpc) is 1.72. The monoisotopic (exact) mass is 80.1 g/mol. The minimum Gasteiger partial charge on any atom is -0.321 e. The normalized spacial score (nSPS) is 20.0. The third kappa shape index (κ3) is 0.866. The zero-order valence-corrected chi connectivity index (χ0v) is 3.65. The maximum absolute atomic E-state index is 3.14. The lowest BCUT2D eigenvalue weighted by atomic mass is 9.77. The van der Waals surface area contributed by atoms with Gasteiger partial charge < -0.3 is 5.32 Å². The number of rotatable bonds is 0. The van der Waals surface area contributed by atoms with Crippen molar-refractivity contribution < 1.29 is 0 Å². The van der Waals surface area contributed by atoms with Gasteiger partial charge in [0.15, 0.2) is 7.28 Å². The molecule has 1 aliphatic rings. The molecule has 0 aromatic carbocycles. The Balaban J connectivity index is 2.26. The van der Waals surface area contributed by atoms with Gasteiger partial charge in [0.25, 0.3) is 0 Å². The van der Waals surface area contributed by atoms with Crippen molar-refractivity contribution in [1.29, 1.82) is 0 Å². The van der Waals surface area contributed by atoms with Gasteiger partial charge in [-0.2, -0.15) is 0 Å². The van der Waals surface area contributed by atoms with Gasteiger partial charge in [0.2, 0.25) is 0 Å². The Labute approximate surface area is 38.7 Å². The largest absolute Gasteiger partial charge is 0.321 e. The fourth-order valence-corrected chi connectivity index (χ4v) is 0.482. The molecule has 0 saturated heterocycles. The predicted octanol–water partition coefficient (Wildman–Crippen LogP) is -0.235. The molecule has 0 atom stereocenters. The van der Waals surface area contributed by atoms with Crippen molar-refractivity contribution in [1.82, 2.24) is 5.32 Å². The van der Waals surface area contributed by atoms with Crippen LogP contribution < -0.4 is 5.32 Å². The molecule has 0 fully saturated rings. The van der Waals surface area contributed by atoms with Gasteiger partial charge in [-0.1, -0.05) is 6.08 Å². The number of nitrogens with one attached hydrogen (secondary N) is 1. The van der Waals surface area contributed by atoms with E-state index in [1.807, 2.05) is 0 Å². The van der Waals surface area contributed by atoms with E-state index in [1.54, 1.807) is 0 Å². The molecule has 0 aromatic rings. The van der Waals surface area contributed by atoms with Gasteiger partial charge in [0, 0.05) is 6.54 Å². The first kappa shape index (κ1) is 3.94. The van der Waals surface area contributed by atoms with E-state index in [9.17, 15) is 0 Å². The lowest BCUT2D eigenvalue weighted by Crippen LogP contribution is -2.23. The van der Waals surface area contributed by atoms with E-state index in [0.29, 0.717) is 0 Å². The molecule has 0 saturated carbocycles. The van der Waals surface area contributed by atoms with Gasteiger partial charge >= 0.3 is 0 Å². The van der Waals surface area contributed by atoms with E-state index in [1.165, 1.54) is 0 Å². The summed E-state index contributed by atoms with van der Waals surface area (Å²) in [5, 5.41) is 3.14. The lowest BCUT2D eigenvalue weighted by molar-refractivity contribution is 0.871. The van der Waals surface area contributed by atoms with Crippen LogP contribution in [0.4, 0.5) is 0 Å². The summed E-state index contributed by atoms with van der Waals surface area (Å²) < 4.78 is 0. The summed E-state index contributed by atoms with van der Waals surface area (Å²) in [5.74, 6) is 2.08. The molecule has 0 unspecified atom stereocenters. The molecule has 1 nitrogen and oxygen atoms in total. The lowest BCUT2D eigenvalue weighted by Gasteiger charge is -2.00. The van der Waals surface area contributed by atoms with Crippen molar-refractivity contribution in [2.24, 2.45) is 0 Å². The van der Waals surface area contributed by atoms with E-state index in [2.05, 4.69) is 24.6 Å². The highest BCUT2D eigenvalue weighted by atomic mass is 14.8. The summed E-state index contributed by atoms with van der Waals surface area (Å²) in [6.45, 7) is 1.04. The predicted molar refractivity (Wildman–Crippen MR) is 27.8 cm³/mol. The maximum Gasteiger partial charge on any atom is 0.158 e. The Morgan fingerprint density at radius 2 is 2.67 bits per heavy atom. The highest BCUT2D eigenvalue weighted by Crippen LogP contribution is 1.73. The molecule has 31 valence electrons. The summed E-state index contributed by atoms with van der Waals surface area (Å²) in [4.78, 5) is 0. The summed E-state index contributed by atoms with van der Waals surface area (Å²) in [6.07, 6.45) is 3.14. The second kappa shape index (κ2) is 2.03. The highest BCUT2D eigenvalue weighted by Gasteiger charge is 1.87. The molecule has 1 radical (unpaired) electrons. The number of hydrogen-bond acceptors (Lipinski definition) is 1. The van der Waals surface area contributed by atoms with Crippen LogP contribution in [0.1, 0.15) is 0 Å². The maximum atomic E-state index is 3.14. The summed E-state index contributed by atoms with van der Waals surface area (Å²) >= 11 is 0. The molecule has 2 heteroatoms. The fourth-order valence-electron chi connectivity index (χ4n) is 0.482. The van der Waals surface area contributed by atoms with Crippen LogP contribution in [-0.2, 0) is 0 Å². The third-order valence-corrected chi connectivity index (χ3v) is 0.797. The van der Waals surface area contributed by atoms with Crippen LogP contribution in [0.15, 0.2) is 12.1 Å². The Kier molecular flexibility index (Phi) is 1.33. The SMILES string of the molecule is [B]1C=CCNC1.